The van der Waals surface area contributed by atoms with E-state index >= 15 is 0 Å². The number of hydrogen-bond acceptors (Lipinski definition) is 3. The second kappa shape index (κ2) is 4.57. The average molecular weight is 260 g/mol. The number of anilines is 1. The van der Waals surface area contributed by atoms with Gasteiger partial charge in [0.05, 0.1) is 6.42 Å². The standard InChI is InChI=1S/C14H16N2O3/c17-13(18)5-9-7-16(8-9)14(19)12-6-10-3-1-2-4-11(10)15-12/h1-4,9,12,15H,5-8H2,(H,17,18). The Balaban J connectivity index is 1.55. The quantitative estimate of drug-likeness (QED) is 0.849. The molecule has 2 aliphatic rings. The number of likely N-dealkylation sites (tertiary alicyclic amines) is 1. The maximum absolute atomic E-state index is 12.2. The van der Waals surface area contributed by atoms with E-state index in [1.54, 1.807) is 4.90 Å². The number of fused-ring (bicyclic) bond motifs is 1. The number of carboxylic acids is 1. The van der Waals surface area contributed by atoms with Crippen molar-refractivity contribution in [3.63, 3.8) is 0 Å². The summed E-state index contributed by atoms with van der Waals surface area (Å²) in [5, 5.41) is 11.9. The molecular formula is C14H16N2O3. The number of carbonyl (C=O) groups excluding carboxylic acids is 1. The van der Waals surface area contributed by atoms with Gasteiger partial charge in [0, 0.05) is 31.1 Å². The largest absolute Gasteiger partial charge is 0.481 e. The van der Waals surface area contributed by atoms with Crippen molar-refractivity contribution in [3.05, 3.63) is 29.8 Å². The lowest BCUT2D eigenvalue weighted by Crippen LogP contribution is -2.54. The molecule has 1 amide bonds. The third-order valence-electron chi connectivity index (χ3n) is 3.80. The SMILES string of the molecule is O=C(O)CC1CN(C(=O)C2Cc3ccccc3N2)C1. The predicted molar refractivity (Wildman–Crippen MR) is 69.9 cm³/mol. The van der Waals surface area contributed by atoms with Crippen molar-refractivity contribution < 1.29 is 14.7 Å². The molecule has 3 rings (SSSR count). The molecule has 2 aliphatic heterocycles. The first-order valence-electron chi connectivity index (χ1n) is 6.48. The molecule has 2 heterocycles. The van der Waals surface area contributed by atoms with E-state index < -0.39 is 5.97 Å². The van der Waals surface area contributed by atoms with Gasteiger partial charge < -0.3 is 15.3 Å². The minimum atomic E-state index is -0.788. The monoisotopic (exact) mass is 260 g/mol. The van der Waals surface area contributed by atoms with Gasteiger partial charge in [0.25, 0.3) is 0 Å². The van der Waals surface area contributed by atoms with E-state index in [9.17, 15) is 9.59 Å². The zero-order valence-electron chi connectivity index (χ0n) is 10.5. The Morgan fingerprint density at radius 1 is 1.32 bits per heavy atom. The molecule has 1 unspecified atom stereocenters. The topological polar surface area (TPSA) is 69.6 Å². The summed E-state index contributed by atoms with van der Waals surface area (Å²) in [5.74, 6) is -0.591. The Kier molecular flexibility index (Phi) is 2.89. The lowest BCUT2D eigenvalue weighted by molar-refractivity contribution is -0.145. The third kappa shape index (κ3) is 2.28. The number of aliphatic carboxylic acids is 1. The van der Waals surface area contributed by atoms with Gasteiger partial charge in [-0.1, -0.05) is 18.2 Å². The highest BCUT2D eigenvalue weighted by molar-refractivity contribution is 5.88. The van der Waals surface area contributed by atoms with E-state index in [0.29, 0.717) is 13.1 Å². The number of nitrogens with one attached hydrogen (secondary N) is 1. The number of para-hydroxylation sites is 1. The van der Waals surface area contributed by atoms with Crippen molar-refractivity contribution in [2.24, 2.45) is 5.92 Å². The third-order valence-corrected chi connectivity index (χ3v) is 3.80. The number of hydrogen-bond donors (Lipinski definition) is 2. The van der Waals surface area contributed by atoms with Gasteiger partial charge in [0.15, 0.2) is 0 Å². The number of benzene rings is 1. The second-order valence-electron chi connectivity index (χ2n) is 5.27. The molecule has 0 aliphatic carbocycles. The van der Waals surface area contributed by atoms with Gasteiger partial charge in [-0.05, 0) is 11.6 Å². The normalized spacial score (nSPS) is 21.5. The summed E-state index contributed by atoms with van der Waals surface area (Å²) in [6, 6.07) is 7.74. The molecule has 0 aromatic heterocycles. The van der Waals surface area contributed by atoms with Crippen LogP contribution in [0.15, 0.2) is 24.3 Å². The fourth-order valence-corrected chi connectivity index (χ4v) is 2.79. The first-order chi connectivity index (χ1) is 9.13. The molecule has 100 valence electrons. The Bertz CT molecular complexity index is 498. The molecule has 1 aromatic rings. The molecule has 0 spiro atoms. The maximum atomic E-state index is 12.2. The van der Waals surface area contributed by atoms with Gasteiger partial charge in [-0.25, -0.2) is 0 Å². The lowest BCUT2D eigenvalue weighted by atomic mass is 9.95. The van der Waals surface area contributed by atoms with Crippen LogP contribution in [0.4, 0.5) is 5.69 Å². The fraction of sp³-hybridized carbons (Fsp3) is 0.429. The average Bonchev–Trinajstić information content (AvgIpc) is 2.75. The van der Waals surface area contributed by atoms with Crippen molar-refractivity contribution in [1.82, 2.24) is 4.90 Å². The summed E-state index contributed by atoms with van der Waals surface area (Å²) in [6.45, 7) is 1.14. The summed E-state index contributed by atoms with van der Waals surface area (Å²) in [4.78, 5) is 24.6. The van der Waals surface area contributed by atoms with E-state index in [-0.39, 0.29) is 24.3 Å². The Hall–Kier alpha value is -2.04. The molecular weight excluding hydrogens is 244 g/mol. The molecule has 0 radical (unpaired) electrons. The van der Waals surface area contributed by atoms with Crippen molar-refractivity contribution >= 4 is 17.6 Å². The van der Waals surface area contributed by atoms with Crippen LogP contribution < -0.4 is 5.32 Å². The van der Waals surface area contributed by atoms with Crippen LogP contribution in [0.3, 0.4) is 0 Å². The summed E-state index contributed by atoms with van der Waals surface area (Å²) in [6.07, 6.45) is 0.872. The molecule has 1 fully saturated rings. The molecule has 1 atom stereocenters. The van der Waals surface area contributed by atoms with Crippen LogP contribution in [-0.4, -0.2) is 41.0 Å². The number of amides is 1. The smallest absolute Gasteiger partial charge is 0.303 e. The Labute approximate surface area is 111 Å². The molecule has 0 saturated carbocycles. The molecule has 1 saturated heterocycles. The summed E-state index contributed by atoms with van der Waals surface area (Å²) < 4.78 is 0. The molecule has 1 aromatic carbocycles. The highest BCUT2D eigenvalue weighted by atomic mass is 16.4. The van der Waals surface area contributed by atoms with Gasteiger partial charge in [-0.2, -0.15) is 0 Å². The number of rotatable bonds is 3. The minimum Gasteiger partial charge on any atom is -0.481 e. The molecule has 19 heavy (non-hydrogen) atoms. The van der Waals surface area contributed by atoms with Crippen LogP contribution in [0, 0.1) is 5.92 Å². The maximum Gasteiger partial charge on any atom is 0.303 e. The van der Waals surface area contributed by atoms with Crippen LogP contribution in [-0.2, 0) is 16.0 Å². The lowest BCUT2D eigenvalue weighted by Gasteiger charge is -2.40. The van der Waals surface area contributed by atoms with E-state index in [1.165, 1.54) is 5.56 Å². The van der Waals surface area contributed by atoms with Crippen molar-refractivity contribution in [1.29, 1.82) is 0 Å². The van der Waals surface area contributed by atoms with Gasteiger partial charge in [-0.3, -0.25) is 9.59 Å². The number of carboxylic acid groups (broad SMARTS) is 1. The molecule has 0 bridgehead atoms. The predicted octanol–water partition coefficient (Wildman–Crippen LogP) is 0.956. The Morgan fingerprint density at radius 3 is 2.74 bits per heavy atom. The minimum absolute atomic E-state index is 0.0813. The molecule has 5 nitrogen and oxygen atoms in total. The molecule has 2 N–H and O–H groups in total. The van der Waals surface area contributed by atoms with E-state index in [1.807, 2.05) is 24.3 Å². The van der Waals surface area contributed by atoms with Crippen molar-refractivity contribution in [2.45, 2.75) is 18.9 Å². The summed E-state index contributed by atoms with van der Waals surface area (Å²) in [5.41, 5.74) is 2.20. The first-order valence-corrected chi connectivity index (χ1v) is 6.48. The fourth-order valence-electron chi connectivity index (χ4n) is 2.79. The first kappa shape index (κ1) is 12.0. The highest BCUT2D eigenvalue weighted by Crippen LogP contribution is 2.28. The van der Waals surface area contributed by atoms with Crippen molar-refractivity contribution in [2.75, 3.05) is 18.4 Å². The van der Waals surface area contributed by atoms with Gasteiger partial charge in [0.2, 0.25) is 5.91 Å². The van der Waals surface area contributed by atoms with E-state index in [4.69, 9.17) is 5.11 Å². The Morgan fingerprint density at radius 2 is 2.05 bits per heavy atom. The highest BCUT2D eigenvalue weighted by Gasteiger charge is 2.37. The number of nitrogens with zero attached hydrogens (tertiary/aromatic N) is 1. The van der Waals surface area contributed by atoms with Crippen molar-refractivity contribution in [3.8, 4) is 0 Å². The van der Waals surface area contributed by atoms with E-state index in [2.05, 4.69) is 5.32 Å². The van der Waals surface area contributed by atoms with Gasteiger partial charge >= 0.3 is 5.97 Å². The molecule has 5 heteroatoms. The second-order valence-corrected chi connectivity index (χ2v) is 5.27. The van der Waals surface area contributed by atoms with Crippen LogP contribution in [0.1, 0.15) is 12.0 Å². The van der Waals surface area contributed by atoms with E-state index in [0.717, 1.165) is 12.1 Å². The van der Waals surface area contributed by atoms with Gasteiger partial charge in [-0.15, -0.1) is 0 Å². The van der Waals surface area contributed by atoms with Crippen LogP contribution >= 0.6 is 0 Å². The van der Waals surface area contributed by atoms with Crippen LogP contribution in [0.25, 0.3) is 0 Å². The van der Waals surface area contributed by atoms with Crippen LogP contribution in [0.5, 0.6) is 0 Å². The van der Waals surface area contributed by atoms with Crippen LogP contribution in [0.2, 0.25) is 0 Å². The number of carbonyl (C=O) groups is 2. The zero-order chi connectivity index (χ0) is 13.4. The summed E-state index contributed by atoms with van der Waals surface area (Å²) in [7, 11) is 0. The zero-order valence-corrected chi connectivity index (χ0v) is 10.5. The summed E-state index contributed by atoms with van der Waals surface area (Å²) >= 11 is 0. The van der Waals surface area contributed by atoms with Gasteiger partial charge in [0.1, 0.15) is 6.04 Å².